The lowest BCUT2D eigenvalue weighted by Gasteiger charge is -2.06. The number of nitrogens with zero attached hydrogens (tertiary/aromatic N) is 3. The van der Waals surface area contributed by atoms with Gasteiger partial charge in [0.15, 0.2) is 5.65 Å². The Balaban J connectivity index is 2.00. The van der Waals surface area contributed by atoms with Crippen molar-refractivity contribution in [3.05, 3.63) is 48.2 Å². The second kappa shape index (κ2) is 5.85. The predicted molar refractivity (Wildman–Crippen MR) is 84.2 cm³/mol. The highest BCUT2D eigenvalue weighted by Gasteiger charge is 2.09. The van der Waals surface area contributed by atoms with Gasteiger partial charge in [-0.3, -0.25) is 0 Å². The van der Waals surface area contributed by atoms with Gasteiger partial charge in [-0.1, -0.05) is 19.1 Å². The summed E-state index contributed by atoms with van der Waals surface area (Å²) in [6, 6.07) is 10.5. The van der Waals surface area contributed by atoms with Crippen LogP contribution in [0.5, 0.6) is 0 Å². The lowest BCUT2D eigenvalue weighted by atomic mass is 10.1. The van der Waals surface area contributed by atoms with Gasteiger partial charge in [0.05, 0.1) is 17.5 Å². The van der Waals surface area contributed by atoms with Gasteiger partial charge in [0, 0.05) is 12.1 Å². The Kier molecular flexibility index (Phi) is 3.74. The summed E-state index contributed by atoms with van der Waals surface area (Å²) in [4.78, 5) is 15.2. The molecule has 0 spiro atoms. The fourth-order valence-corrected chi connectivity index (χ4v) is 2.20. The van der Waals surface area contributed by atoms with Crippen LogP contribution in [-0.4, -0.2) is 32.2 Å². The normalized spacial score (nSPS) is 10.8. The number of imidazole rings is 1. The number of carboxylic acid groups (broad SMARTS) is 1. The highest BCUT2D eigenvalue weighted by atomic mass is 16.4. The number of anilines is 1. The summed E-state index contributed by atoms with van der Waals surface area (Å²) in [6.45, 7) is 2.95. The minimum absolute atomic E-state index is 0.260. The Bertz CT molecular complexity index is 809. The number of nitrogens with one attached hydrogen (secondary N) is 1. The molecule has 3 aromatic rings. The third-order valence-electron chi connectivity index (χ3n) is 3.35. The molecule has 0 radical (unpaired) electrons. The molecule has 1 aromatic carbocycles. The summed E-state index contributed by atoms with van der Waals surface area (Å²) >= 11 is 0. The molecular formula is C16H16N4O2. The molecule has 0 aliphatic rings. The van der Waals surface area contributed by atoms with Crippen LogP contribution >= 0.6 is 0 Å². The fraction of sp³-hybridized carbons (Fsp3) is 0.188. The van der Waals surface area contributed by atoms with Gasteiger partial charge >= 0.3 is 5.97 Å². The number of carboxylic acids is 1. The van der Waals surface area contributed by atoms with E-state index in [2.05, 4.69) is 22.3 Å². The number of aromatic nitrogens is 3. The molecule has 0 amide bonds. The molecule has 112 valence electrons. The zero-order valence-electron chi connectivity index (χ0n) is 12.2. The van der Waals surface area contributed by atoms with E-state index in [1.807, 2.05) is 12.1 Å². The molecule has 2 N–H and O–H groups in total. The summed E-state index contributed by atoms with van der Waals surface area (Å²) < 4.78 is 1.76. The number of fused-ring (bicyclic) bond motifs is 1. The van der Waals surface area contributed by atoms with Crippen LogP contribution in [0.3, 0.4) is 0 Å². The van der Waals surface area contributed by atoms with Gasteiger partial charge < -0.3 is 10.4 Å². The lowest BCUT2D eigenvalue weighted by Crippen LogP contribution is -2.05. The number of hydrogen-bond donors (Lipinski definition) is 2. The topological polar surface area (TPSA) is 79.5 Å². The number of rotatable bonds is 5. The molecule has 0 aliphatic heterocycles. The maximum absolute atomic E-state index is 10.9. The van der Waals surface area contributed by atoms with E-state index in [4.69, 9.17) is 5.11 Å². The molecule has 0 unspecified atom stereocenters. The van der Waals surface area contributed by atoms with Crippen molar-refractivity contribution >= 4 is 17.4 Å². The van der Waals surface area contributed by atoms with Gasteiger partial charge in [-0.2, -0.15) is 0 Å². The molecule has 0 atom stereocenters. The van der Waals surface area contributed by atoms with Crippen molar-refractivity contribution in [2.75, 3.05) is 11.9 Å². The van der Waals surface area contributed by atoms with Crippen molar-refractivity contribution in [3.63, 3.8) is 0 Å². The lowest BCUT2D eigenvalue weighted by molar-refractivity contribution is 0.0697. The van der Waals surface area contributed by atoms with E-state index in [1.165, 1.54) is 0 Å². The van der Waals surface area contributed by atoms with Gasteiger partial charge in [-0.15, -0.1) is 5.10 Å². The molecular weight excluding hydrogens is 280 g/mol. The van der Waals surface area contributed by atoms with Crippen LogP contribution in [0.4, 0.5) is 5.82 Å². The molecule has 22 heavy (non-hydrogen) atoms. The zero-order valence-corrected chi connectivity index (χ0v) is 12.2. The summed E-state index contributed by atoms with van der Waals surface area (Å²) in [5.74, 6) is -0.148. The molecule has 0 aliphatic carbocycles. The second-order valence-corrected chi connectivity index (χ2v) is 4.94. The molecule has 6 heteroatoms. The molecule has 0 fully saturated rings. The van der Waals surface area contributed by atoms with Gasteiger partial charge in [0.25, 0.3) is 0 Å². The standard InChI is InChI=1S/C16H16N4O2/c1-2-9-17-14-7-8-15-18-10-13(20(15)19-14)11-3-5-12(6-4-11)16(21)22/h3-8,10H,2,9H2,1H3,(H,17,19)(H,21,22). The minimum atomic E-state index is -0.936. The average Bonchev–Trinajstić information content (AvgIpc) is 2.96. The Labute approximate surface area is 127 Å². The maximum Gasteiger partial charge on any atom is 0.335 e. The Morgan fingerprint density at radius 1 is 1.23 bits per heavy atom. The van der Waals surface area contributed by atoms with E-state index >= 15 is 0 Å². The van der Waals surface area contributed by atoms with Crippen molar-refractivity contribution in [2.24, 2.45) is 0 Å². The van der Waals surface area contributed by atoms with Crippen molar-refractivity contribution in [2.45, 2.75) is 13.3 Å². The van der Waals surface area contributed by atoms with Crippen LogP contribution in [0, 0.1) is 0 Å². The largest absolute Gasteiger partial charge is 0.478 e. The van der Waals surface area contributed by atoms with Gasteiger partial charge in [0.2, 0.25) is 0 Å². The highest BCUT2D eigenvalue weighted by molar-refractivity contribution is 5.88. The third kappa shape index (κ3) is 2.63. The third-order valence-corrected chi connectivity index (χ3v) is 3.35. The van der Waals surface area contributed by atoms with Gasteiger partial charge in [-0.05, 0) is 30.7 Å². The fourth-order valence-electron chi connectivity index (χ4n) is 2.20. The number of carbonyl (C=O) groups is 1. The monoisotopic (exact) mass is 296 g/mol. The predicted octanol–water partition coefficient (Wildman–Crippen LogP) is 2.92. The molecule has 6 nitrogen and oxygen atoms in total. The van der Waals surface area contributed by atoms with E-state index in [1.54, 1.807) is 35.0 Å². The Morgan fingerprint density at radius 3 is 2.68 bits per heavy atom. The van der Waals surface area contributed by atoms with E-state index in [-0.39, 0.29) is 5.56 Å². The quantitative estimate of drug-likeness (QED) is 0.756. The van der Waals surface area contributed by atoms with Crippen LogP contribution in [-0.2, 0) is 0 Å². The summed E-state index contributed by atoms with van der Waals surface area (Å²) in [5, 5.41) is 16.7. The number of aromatic carboxylic acids is 1. The van der Waals surface area contributed by atoms with E-state index < -0.39 is 5.97 Å². The molecule has 3 rings (SSSR count). The van der Waals surface area contributed by atoms with Crippen LogP contribution in [0.15, 0.2) is 42.6 Å². The van der Waals surface area contributed by atoms with Gasteiger partial charge in [-0.25, -0.2) is 14.3 Å². The molecule has 2 heterocycles. The van der Waals surface area contributed by atoms with Crippen molar-refractivity contribution in [1.29, 1.82) is 0 Å². The van der Waals surface area contributed by atoms with Crippen LogP contribution in [0.25, 0.3) is 16.9 Å². The van der Waals surface area contributed by atoms with Crippen LogP contribution in [0.2, 0.25) is 0 Å². The first kappa shape index (κ1) is 14.1. The van der Waals surface area contributed by atoms with Crippen molar-refractivity contribution in [3.8, 4) is 11.3 Å². The first-order chi connectivity index (χ1) is 10.7. The smallest absolute Gasteiger partial charge is 0.335 e. The molecule has 0 saturated heterocycles. The van der Waals surface area contributed by atoms with E-state index in [0.29, 0.717) is 0 Å². The van der Waals surface area contributed by atoms with Crippen molar-refractivity contribution < 1.29 is 9.90 Å². The number of hydrogen-bond acceptors (Lipinski definition) is 4. The second-order valence-electron chi connectivity index (χ2n) is 4.94. The van der Waals surface area contributed by atoms with Gasteiger partial charge in [0.1, 0.15) is 5.82 Å². The summed E-state index contributed by atoms with van der Waals surface area (Å²) in [6.07, 6.45) is 2.76. The number of benzene rings is 1. The van der Waals surface area contributed by atoms with Crippen LogP contribution in [0.1, 0.15) is 23.7 Å². The van der Waals surface area contributed by atoms with E-state index in [9.17, 15) is 4.79 Å². The molecule has 0 bridgehead atoms. The Morgan fingerprint density at radius 2 is 2.00 bits per heavy atom. The molecule has 2 aromatic heterocycles. The summed E-state index contributed by atoms with van der Waals surface area (Å²) in [7, 11) is 0. The SMILES string of the molecule is CCCNc1ccc2ncc(-c3ccc(C(=O)O)cc3)n2n1. The first-order valence-corrected chi connectivity index (χ1v) is 7.11. The first-order valence-electron chi connectivity index (χ1n) is 7.11. The van der Waals surface area contributed by atoms with E-state index in [0.717, 1.165) is 35.7 Å². The molecule has 0 saturated carbocycles. The maximum atomic E-state index is 10.9. The highest BCUT2D eigenvalue weighted by Crippen LogP contribution is 2.21. The van der Waals surface area contributed by atoms with Crippen molar-refractivity contribution in [1.82, 2.24) is 14.6 Å². The Hall–Kier alpha value is -2.89. The zero-order chi connectivity index (χ0) is 15.5. The van der Waals surface area contributed by atoms with Crippen LogP contribution < -0.4 is 5.32 Å². The minimum Gasteiger partial charge on any atom is -0.478 e. The average molecular weight is 296 g/mol. The summed E-state index contributed by atoms with van der Waals surface area (Å²) in [5.41, 5.74) is 2.71.